The van der Waals surface area contributed by atoms with Crippen LogP contribution in [0.3, 0.4) is 0 Å². The van der Waals surface area contributed by atoms with Gasteiger partial charge in [-0.2, -0.15) is 0 Å². The minimum atomic E-state index is -0.446. The van der Waals surface area contributed by atoms with Crippen LogP contribution in [0.2, 0.25) is 0 Å². The van der Waals surface area contributed by atoms with Crippen LogP contribution in [0.25, 0.3) is 11.0 Å². The minimum Gasteiger partial charge on any atom is -0.376 e. The van der Waals surface area contributed by atoms with Gasteiger partial charge in [0, 0.05) is 31.7 Å². The molecular weight excluding hydrogens is 196 g/mol. The molecule has 0 spiro atoms. The molecule has 0 fully saturated rings. The Bertz CT molecular complexity index is 518. The third-order valence-corrected chi connectivity index (χ3v) is 2.19. The highest BCUT2D eigenvalue weighted by molar-refractivity contribution is 5.91. The summed E-state index contributed by atoms with van der Waals surface area (Å²) < 4.78 is 0. The molecular formula is C9H10N4O2. The zero-order valence-corrected chi connectivity index (χ0v) is 8.39. The largest absolute Gasteiger partial charge is 0.376 e. The van der Waals surface area contributed by atoms with Crippen molar-refractivity contribution in [2.24, 2.45) is 0 Å². The summed E-state index contributed by atoms with van der Waals surface area (Å²) in [6, 6.07) is 1.52. The molecule has 0 aliphatic rings. The van der Waals surface area contributed by atoms with Crippen LogP contribution in [-0.4, -0.2) is 29.0 Å². The third-order valence-electron chi connectivity index (χ3n) is 2.19. The van der Waals surface area contributed by atoms with E-state index in [1.807, 2.05) is 19.0 Å². The van der Waals surface area contributed by atoms with E-state index in [9.17, 15) is 10.1 Å². The molecule has 78 valence electrons. The molecule has 6 nitrogen and oxygen atoms in total. The molecule has 2 aromatic heterocycles. The molecule has 2 heterocycles. The average Bonchev–Trinajstić information content (AvgIpc) is 2.59. The molecule has 6 heteroatoms. The van der Waals surface area contributed by atoms with E-state index < -0.39 is 4.92 Å². The molecule has 1 N–H and O–H groups in total. The second-order valence-corrected chi connectivity index (χ2v) is 3.42. The number of nitro groups is 1. The molecule has 0 saturated carbocycles. The van der Waals surface area contributed by atoms with E-state index in [4.69, 9.17) is 0 Å². The van der Waals surface area contributed by atoms with Gasteiger partial charge >= 0.3 is 0 Å². The second kappa shape index (κ2) is 3.23. The molecule has 0 saturated heterocycles. The SMILES string of the molecule is CN(C)c1c[nH]c2ncc([N+](=O)[O-])cc12. The predicted molar refractivity (Wildman–Crippen MR) is 57.1 cm³/mol. The fourth-order valence-corrected chi connectivity index (χ4v) is 1.45. The van der Waals surface area contributed by atoms with Crippen molar-refractivity contribution in [1.82, 2.24) is 9.97 Å². The molecule has 0 atom stereocenters. The summed E-state index contributed by atoms with van der Waals surface area (Å²) in [6.45, 7) is 0. The molecule has 0 aromatic carbocycles. The van der Waals surface area contributed by atoms with Gasteiger partial charge in [-0.25, -0.2) is 4.98 Å². The molecule has 15 heavy (non-hydrogen) atoms. The number of nitrogens with zero attached hydrogens (tertiary/aromatic N) is 3. The van der Waals surface area contributed by atoms with Crippen molar-refractivity contribution in [2.45, 2.75) is 0 Å². The number of hydrogen-bond donors (Lipinski definition) is 1. The van der Waals surface area contributed by atoms with Crippen LogP contribution in [0.1, 0.15) is 0 Å². The number of anilines is 1. The summed E-state index contributed by atoms with van der Waals surface area (Å²) in [7, 11) is 3.75. The molecule has 0 amide bonds. The lowest BCUT2D eigenvalue weighted by Gasteiger charge is -2.09. The van der Waals surface area contributed by atoms with Gasteiger partial charge in [0.1, 0.15) is 11.8 Å². The smallest absolute Gasteiger partial charge is 0.288 e. The highest BCUT2D eigenvalue weighted by Crippen LogP contribution is 2.26. The van der Waals surface area contributed by atoms with Crippen molar-refractivity contribution >= 4 is 22.4 Å². The molecule has 0 unspecified atom stereocenters. The Balaban J connectivity index is 2.66. The van der Waals surface area contributed by atoms with Crippen LogP contribution in [0, 0.1) is 10.1 Å². The first-order valence-electron chi connectivity index (χ1n) is 4.38. The monoisotopic (exact) mass is 206 g/mol. The maximum absolute atomic E-state index is 10.6. The van der Waals surface area contributed by atoms with Gasteiger partial charge < -0.3 is 9.88 Å². The fraction of sp³-hybridized carbons (Fsp3) is 0.222. The molecule has 0 bridgehead atoms. The Kier molecular flexibility index (Phi) is 2.03. The third kappa shape index (κ3) is 1.50. The molecule has 2 rings (SSSR count). The van der Waals surface area contributed by atoms with Crippen LogP contribution in [0.4, 0.5) is 11.4 Å². The zero-order chi connectivity index (χ0) is 11.0. The maximum Gasteiger partial charge on any atom is 0.288 e. The van der Waals surface area contributed by atoms with E-state index in [1.165, 1.54) is 12.3 Å². The van der Waals surface area contributed by atoms with Gasteiger partial charge in [-0.1, -0.05) is 0 Å². The highest BCUT2D eigenvalue weighted by atomic mass is 16.6. The summed E-state index contributed by atoms with van der Waals surface area (Å²) in [5, 5.41) is 11.3. The van der Waals surface area contributed by atoms with Crippen LogP contribution >= 0.6 is 0 Å². The Morgan fingerprint density at radius 1 is 1.53 bits per heavy atom. The lowest BCUT2D eigenvalue weighted by Crippen LogP contribution is -2.07. The molecule has 2 aromatic rings. The van der Waals surface area contributed by atoms with E-state index in [-0.39, 0.29) is 5.69 Å². The zero-order valence-electron chi connectivity index (χ0n) is 8.39. The molecule has 0 aliphatic heterocycles. The van der Waals surface area contributed by atoms with Crippen LogP contribution in [0.5, 0.6) is 0 Å². The van der Waals surface area contributed by atoms with Crippen LogP contribution < -0.4 is 4.90 Å². The highest BCUT2D eigenvalue weighted by Gasteiger charge is 2.12. The number of rotatable bonds is 2. The van der Waals surface area contributed by atoms with Crippen molar-refractivity contribution in [1.29, 1.82) is 0 Å². The minimum absolute atomic E-state index is 0.00481. The number of nitrogens with one attached hydrogen (secondary N) is 1. The van der Waals surface area contributed by atoms with Crippen molar-refractivity contribution in [3.63, 3.8) is 0 Å². The van der Waals surface area contributed by atoms with Crippen molar-refractivity contribution in [2.75, 3.05) is 19.0 Å². The number of H-pyrrole nitrogens is 1. The van der Waals surface area contributed by atoms with Gasteiger partial charge in [-0.15, -0.1) is 0 Å². The van der Waals surface area contributed by atoms with E-state index in [0.717, 1.165) is 11.1 Å². The van der Waals surface area contributed by atoms with E-state index in [0.29, 0.717) is 5.65 Å². The predicted octanol–water partition coefficient (Wildman–Crippen LogP) is 1.54. The summed E-state index contributed by atoms with van der Waals surface area (Å²) in [4.78, 5) is 19.0. The lowest BCUT2D eigenvalue weighted by molar-refractivity contribution is -0.385. The first kappa shape index (κ1) is 9.45. The van der Waals surface area contributed by atoms with Gasteiger partial charge in [0.2, 0.25) is 0 Å². The first-order valence-corrected chi connectivity index (χ1v) is 4.38. The Hall–Kier alpha value is -2.11. The topological polar surface area (TPSA) is 75.1 Å². The van der Waals surface area contributed by atoms with E-state index in [1.54, 1.807) is 6.20 Å². The second-order valence-electron chi connectivity index (χ2n) is 3.42. The van der Waals surface area contributed by atoms with Crippen LogP contribution in [-0.2, 0) is 0 Å². The van der Waals surface area contributed by atoms with Gasteiger partial charge in [0.15, 0.2) is 0 Å². The summed E-state index contributed by atoms with van der Waals surface area (Å²) in [6.07, 6.45) is 3.03. The summed E-state index contributed by atoms with van der Waals surface area (Å²) >= 11 is 0. The van der Waals surface area contributed by atoms with Gasteiger partial charge in [-0.05, 0) is 0 Å². The summed E-state index contributed by atoms with van der Waals surface area (Å²) in [5.41, 5.74) is 1.55. The average molecular weight is 206 g/mol. The Morgan fingerprint density at radius 3 is 2.87 bits per heavy atom. The van der Waals surface area contributed by atoms with Gasteiger partial charge in [-0.3, -0.25) is 10.1 Å². The normalized spacial score (nSPS) is 10.5. The standard InChI is InChI=1S/C9H10N4O2/c1-12(2)8-5-11-9-7(8)3-6(4-10-9)13(14)15/h3-5H,1-2H3,(H,10,11). The quantitative estimate of drug-likeness (QED) is 0.597. The number of aromatic nitrogens is 2. The maximum atomic E-state index is 10.6. The number of hydrogen-bond acceptors (Lipinski definition) is 4. The fourth-order valence-electron chi connectivity index (χ4n) is 1.45. The van der Waals surface area contributed by atoms with Crippen molar-refractivity contribution < 1.29 is 4.92 Å². The Morgan fingerprint density at radius 2 is 2.27 bits per heavy atom. The Labute approximate surface area is 85.7 Å². The summed E-state index contributed by atoms with van der Waals surface area (Å²) in [5.74, 6) is 0. The van der Waals surface area contributed by atoms with E-state index >= 15 is 0 Å². The molecule has 0 aliphatic carbocycles. The molecule has 0 radical (unpaired) electrons. The number of pyridine rings is 1. The van der Waals surface area contributed by atoms with Gasteiger partial charge in [0.05, 0.1) is 10.6 Å². The van der Waals surface area contributed by atoms with Gasteiger partial charge in [0.25, 0.3) is 5.69 Å². The van der Waals surface area contributed by atoms with Crippen molar-refractivity contribution in [3.8, 4) is 0 Å². The lowest BCUT2D eigenvalue weighted by atomic mass is 10.3. The number of fused-ring (bicyclic) bond motifs is 1. The first-order chi connectivity index (χ1) is 7.09. The van der Waals surface area contributed by atoms with Crippen molar-refractivity contribution in [3.05, 3.63) is 28.6 Å². The van der Waals surface area contributed by atoms with Crippen LogP contribution in [0.15, 0.2) is 18.5 Å². The van der Waals surface area contributed by atoms with E-state index in [2.05, 4.69) is 9.97 Å². The number of aromatic amines is 1.